The van der Waals surface area contributed by atoms with E-state index < -0.39 is 13.9 Å². The van der Waals surface area contributed by atoms with E-state index in [0.29, 0.717) is 17.6 Å². The van der Waals surface area contributed by atoms with E-state index in [4.69, 9.17) is 18.5 Å². The van der Waals surface area contributed by atoms with Gasteiger partial charge >= 0.3 is 5.97 Å². The van der Waals surface area contributed by atoms with Gasteiger partial charge in [-0.3, -0.25) is 9.36 Å². The molecule has 0 spiro atoms. The number of allylic oxidation sites excluding steroid dienone is 14. The van der Waals surface area contributed by atoms with Crippen molar-refractivity contribution < 1.29 is 37.3 Å². The number of carbonyl (C=O) groups excluding carboxylic acids is 1. The first-order valence-corrected chi connectivity index (χ1v) is 22.8. The van der Waals surface area contributed by atoms with Crippen molar-refractivity contribution in [3.05, 3.63) is 85.1 Å². The zero-order valence-electron chi connectivity index (χ0n) is 35.6. The van der Waals surface area contributed by atoms with Crippen molar-refractivity contribution in [1.29, 1.82) is 0 Å². The van der Waals surface area contributed by atoms with Crippen LogP contribution in [0.5, 0.6) is 0 Å². The molecule has 2 atom stereocenters. The lowest BCUT2D eigenvalue weighted by atomic mass is 10.1. The number of nitrogens with zero attached hydrogens (tertiary/aromatic N) is 1. The summed E-state index contributed by atoms with van der Waals surface area (Å²) in [6.45, 7) is 5.08. The van der Waals surface area contributed by atoms with Crippen LogP contribution in [0.2, 0.25) is 0 Å². The molecule has 0 heterocycles. The Bertz CT molecular complexity index is 1150. The minimum atomic E-state index is -4.54. The number of carbonyl (C=O) groups is 1. The number of unbranched alkanes of at least 4 members (excludes halogenated alkanes) is 10. The summed E-state index contributed by atoms with van der Waals surface area (Å²) < 4.78 is 34.5. The summed E-state index contributed by atoms with van der Waals surface area (Å²) in [6, 6.07) is 0. The lowest BCUT2D eigenvalue weighted by molar-refractivity contribution is -0.870. The fourth-order valence-electron chi connectivity index (χ4n) is 5.20. The maximum absolute atomic E-state index is 12.7. The quantitative estimate of drug-likeness (QED) is 0.0202. The molecule has 0 aromatic rings. The van der Waals surface area contributed by atoms with Gasteiger partial charge in [-0.15, -0.1) is 0 Å². The summed E-state index contributed by atoms with van der Waals surface area (Å²) >= 11 is 0. The smallest absolute Gasteiger partial charge is 0.306 e. The molecule has 0 saturated carbocycles. The molecule has 0 bridgehead atoms. The lowest BCUT2D eigenvalue weighted by Gasteiger charge is -2.28. The molecular formula is C46H80NO7P. The number of likely N-dealkylation sites (N-methyl/N-ethyl adjacent to an activating group) is 1. The second-order valence-corrected chi connectivity index (χ2v) is 16.3. The van der Waals surface area contributed by atoms with E-state index in [9.17, 15) is 14.3 Å². The molecule has 2 unspecified atom stereocenters. The molecule has 0 aliphatic carbocycles. The van der Waals surface area contributed by atoms with E-state index in [2.05, 4.69) is 98.9 Å². The summed E-state index contributed by atoms with van der Waals surface area (Å²) in [5.74, 6) is -0.361. The molecule has 0 radical (unpaired) electrons. The zero-order chi connectivity index (χ0) is 40.6. The molecule has 8 nitrogen and oxygen atoms in total. The Morgan fingerprint density at radius 1 is 0.564 bits per heavy atom. The zero-order valence-corrected chi connectivity index (χ0v) is 36.5. The van der Waals surface area contributed by atoms with E-state index in [-0.39, 0.29) is 32.2 Å². The van der Waals surface area contributed by atoms with Crippen LogP contribution < -0.4 is 4.89 Å². The number of quaternary nitrogens is 1. The average molecular weight is 790 g/mol. The van der Waals surface area contributed by atoms with Crippen LogP contribution in [0.4, 0.5) is 0 Å². The van der Waals surface area contributed by atoms with Gasteiger partial charge in [0.2, 0.25) is 0 Å². The number of hydrogen-bond donors (Lipinski definition) is 0. The van der Waals surface area contributed by atoms with Crippen molar-refractivity contribution in [2.45, 2.75) is 148 Å². The standard InChI is InChI=1S/C46H80NO7P/c1-6-8-10-12-14-16-18-20-22-23-24-25-26-27-29-31-33-35-37-39-46(48)54-45(44-53-55(49,50)52-42-40-47(3,4)5)43-51-41-38-36-34-32-30-28-21-19-17-15-13-11-9-7-2/h8-11,14-17,20-22,24-25,28,45H,6-7,12-13,18-19,23,26-27,29-44H2,1-5H3/b10-8-,11-9-,16-14-,17-15-,22-20-,25-24-,28-21-. The first-order valence-electron chi connectivity index (χ1n) is 21.3. The highest BCUT2D eigenvalue weighted by molar-refractivity contribution is 7.45. The number of esters is 1. The largest absolute Gasteiger partial charge is 0.756 e. The van der Waals surface area contributed by atoms with Crippen LogP contribution in [0.25, 0.3) is 0 Å². The van der Waals surface area contributed by atoms with Gasteiger partial charge in [-0.1, -0.05) is 137 Å². The van der Waals surface area contributed by atoms with Crippen LogP contribution >= 0.6 is 7.82 Å². The van der Waals surface area contributed by atoms with Crippen molar-refractivity contribution in [2.24, 2.45) is 0 Å². The van der Waals surface area contributed by atoms with Crippen LogP contribution in [-0.4, -0.2) is 70.7 Å². The van der Waals surface area contributed by atoms with Crippen molar-refractivity contribution >= 4 is 13.8 Å². The Morgan fingerprint density at radius 2 is 1.00 bits per heavy atom. The second kappa shape index (κ2) is 38.5. The Labute approximate surface area is 337 Å². The van der Waals surface area contributed by atoms with Crippen molar-refractivity contribution in [3.63, 3.8) is 0 Å². The van der Waals surface area contributed by atoms with Gasteiger partial charge < -0.3 is 27.9 Å². The van der Waals surface area contributed by atoms with Gasteiger partial charge in [0.1, 0.15) is 19.3 Å². The van der Waals surface area contributed by atoms with Crippen molar-refractivity contribution in [3.8, 4) is 0 Å². The Morgan fingerprint density at radius 3 is 1.49 bits per heavy atom. The summed E-state index contributed by atoms with van der Waals surface area (Å²) in [5.41, 5.74) is 0. The normalized spacial score (nSPS) is 14.7. The van der Waals surface area contributed by atoms with Gasteiger partial charge in [0.05, 0.1) is 34.4 Å². The average Bonchev–Trinajstić information content (AvgIpc) is 3.13. The fourth-order valence-corrected chi connectivity index (χ4v) is 5.93. The molecule has 55 heavy (non-hydrogen) atoms. The van der Waals surface area contributed by atoms with Gasteiger partial charge in [-0.2, -0.15) is 0 Å². The van der Waals surface area contributed by atoms with Gasteiger partial charge in [0.15, 0.2) is 0 Å². The van der Waals surface area contributed by atoms with Crippen molar-refractivity contribution in [1.82, 2.24) is 0 Å². The van der Waals surface area contributed by atoms with Crippen LogP contribution in [0.1, 0.15) is 142 Å². The number of hydrogen-bond acceptors (Lipinski definition) is 7. The van der Waals surface area contributed by atoms with Gasteiger partial charge in [0.25, 0.3) is 7.82 Å². The van der Waals surface area contributed by atoms with E-state index in [1.165, 1.54) is 12.8 Å². The molecule has 0 rings (SSSR count). The van der Waals surface area contributed by atoms with Crippen LogP contribution in [0.3, 0.4) is 0 Å². The number of rotatable bonds is 38. The van der Waals surface area contributed by atoms with Crippen molar-refractivity contribution in [2.75, 3.05) is 54.1 Å². The summed E-state index contributed by atoms with van der Waals surface area (Å²) in [7, 11) is 1.31. The molecule has 0 saturated heterocycles. The molecule has 0 aromatic heterocycles. The fraction of sp³-hybridized carbons (Fsp3) is 0.674. The Kier molecular flexibility index (Phi) is 36.9. The second-order valence-electron chi connectivity index (χ2n) is 14.9. The Balaban J connectivity index is 4.33. The highest BCUT2D eigenvalue weighted by atomic mass is 31.2. The number of phosphoric acid groups is 1. The van der Waals surface area contributed by atoms with Crippen LogP contribution in [0.15, 0.2) is 85.1 Å². The first kappa shape index (κ1) is 52.7. The molecule has 0 aliphatic heterocycles. The summed E-state index contributed by atoms with van der Waals surface area (Å²) in [6.07, 6.45) is 50.2. The van der Waals surface area contributed by atoms with E-state index >= 15 is 0 Å². The van der Waals surface area contributed by atoms with Crippen LogP contribution in [-0.2, 0) is 27.9 Å². The van der Waals surface area contributed by atoms with Crippen LogP contribution in [0, 0.1) is 0 Å². The number of phosphoric ester groups is 1. The van der Waals surface area contributed by atoms with Gasteiger partial charge in [-0.25, -0.2) is 0 Å². The maximum atomic E-state index is 12.7. The topological polar surface area (TPSA) is 94.1 Å². The SMILES string of the molecule is CC/C=C\C/C=C\C/C=C\C/C=C\CCCCCCCCC(=O)OC(COCCCCCC/C=C\C/C=C\C/C=C\CC)COP(=O)([O-])OCC[N+](C)(C)C. The number of ether oxygens (including phenoxy) is 2. The first-order chi connectivity index (χ1) is 26.6. The Hall–Kier alpha value is -2.32. The van der Waals surface area contributed by atoms with Gasteiger partial charge in [-0.05, 0) is 83.5 Å². The molecule has 0 aliphatic rings. The molecule has 0 N–H and O–H groups in total. The van der Waals surface area contributed by atoms with E-state index in [1.54, 1.807) is 0 Å². The lowest BCUT2D eigenvalue weighted by Crippen LogP contribution is -2.37. The molecule has 316 valence electrons. The highest BCUT2D eigenvalue weighted by Gasteiger charge is 2.20. The molecule has 9 heteroatoms. The minimum Gasteiger partial charge on any atom is -0.756 e. The summed E-state index contributed by atoms with van der Waals surface area (Å²) in [5, 5.41) is 0. The summed E-state index contributed by atoms with van der Waals surface area (Å²) in [4.78, 5) is 25.0. The maximum Gasteiger partial charge on any atom is 0.306 e. The predicted octanol–water partition coefficient (Wildman–Crippen LogP) is 11.9. The molecule has 0 fully saturated rings. The highest BCUT2D eigenvalue weighted by Crippen LogP contribution is 2.38. The monoisotopic (exact) mass is 790 g/mol. The third kappa shape index (κ3) is 42.7. The third-order valence-electron chi connectivity index (χ3n) is 8.44. The molecular weight excluding hydrogens is 709 g/mol. The molecule has 0 amide bonds. The van der Waals surface area contributed by atoms with Gasteiger partial charge in [0, 0.05) is 13.0 Å². The molecule has 0 aromatic carbocycles. The predicted molar refractivity (Wildman–Crippen MR) is 231 cm³/mol. The minimum absolute atomic E-state index is 0.0133. The van der Waals surface area contributed by atoms with E-state index in [0.717, 1.165) is 109 Å². The third-order valence-corrected chi connectivity index (χ3v) is 9.41. The van der Waals surface area contributed by atoms with E-state index in [1.807, 2.05) is 21.1 Å².